The molecular weight excluding hydrogens is 86.1 g/mol. The van der Waals surface area contributed by atoms with Crippen LogP contribution in [-0.4, -0.2) is 12.1 Å². The molecule has 0 aliphatic carbocycles. The minimum absolute atomic E-state index is 0.0556. The van der Waals surface area contributed by atoms with E-state index in [2.05, 4.69) is 19.2 Å². The minimum atomic E-state index is -0.0556. The van der Waals surface area contributed by atoms with Gasteiger partial charge < -0.3 is 0 Å². The maximum Gasteiger partial charge on any atom is 0.156 e. The van der Waals surface area contributed by atoms with Gasteiger partial charge in [-0.25, -0.2) is 0 Å². The van der Waals surface area contributed by atoms with Crippen LogP contribution in [0.3, 0.4) is 0 Å². The van der Waals surface area contributed by atoms with Crippen molar-refractivity contribution in [2.75, 3.05) is 6.54 Å². The second-order valence-corrected chi connectivity index (χ2v) is 2.31. The molecule has 0 unspecified atom stereocenters. The number of rotatable bonds is 0. The van der Waals surface area contributed by atoms with E-state index in [0.29, 0.717) is 0 Å². The fraction of sp³-hybridized carbons (Fsp3) is 0.667. The van der Waals surface area contributed by atoms with Crippen LogP contribution in [0, 0.1) is 13.8 Å². The number of hydrogen-bond donors (Lipinski definition) is 1. The SMILES string of the molecule is [CH2]C1([CH2+])CCCN1. The Labute approximate surface area is 45.1 Å². The molecule has 1 aliphatic rings. The molecule has 1 fully saturated rings. The zero-order valence-electron chi connectivity index (χ0n) is 4.54. The van der Waals surface area contributed by atoms with Crippen LogP contribution in [0.2, 0.25) is 0 Å². The molecule has 1 aliphatic heterocycles. The maximum absolute atomic E-state index is 3.85. The largest absolute Gasteiger partial charge is 0.274 e. The quantitative estimate of drug-likeness (QED) is 0.440. The van der Waals surface area contributed by atoms with Crippen LogP contribution in [0.4, 0.5) is 0 Å². The molecule has 1 radical (unpaired) electrons. The van der Waals surface area contributed by atoms with Gasteiger partial charge >= 0.3 is 0 Å². The van der Waals surface area contributed by atoms with Crippen molar-refractivity contribution >= 4 is 0 Å². The summed E-state index contributed by atoms with van der Waals surface area (Å²) in [4.78, 5) is 0. The first kappa shape index (κ1) is 4.98. The Hall–Kier alpha value is -0.170. The molecule has 1 heterocycles. The van der Waals surface area contributed by atoms with E-state index in [1.54, 1.807) is 0 Å². The monoisotopic (exact) mass is 97.1 g/mol. The normalized spacial score (nSPS) is 41.9. The molecule has 1 nitrogen and oxygen atoms in total. The van der Waals surface area contributed by atoms with Gasteiger partial charge in [-0.2, -0.15) is 0 Å². The highest BCUT2D eigenvalue weighted by molar-refractivity contribution is 4.97. The van der Waals surface area contributed by atoms with E-state index in [4.69, 9.17) is 0 Å². The zero-order valence-corrected chi connectivity index (χ0v) is 4.54. The van der Waals surface area contributed by atoms with Crippen molar-refractivity contribution in [2.45, 2.75) is 18.4 Å². The first-order chi connectivity index (χ1) is 3.21. The van der Waals surface area contributed by atoms with Crippen LogP contribution in [0.5, 0.6) is 0 Å². The third-order valence-corrected chi connectivity index (χ3v) is 1.33. The molecule has 1 saturated heterocycles. The summed E-state index contributed by atoms with van der Waals surface area (Å²) in [7, 11) is 0. The minimum Gasteiger partial charge on any atom is -0.274 e. The Bertz CT molecular complexity index is 58.6. The van der Waals surface area contributed by atoms with Gasteiger partial charge in [0.25, 0.3) is 0 Å². The van der Waals surface area contributed by atoms with Gasteiger partial charge in [-0.3, -0.25) is 5.32 Å². The van der Waals surface area contributed by atoms with Crippen LogP contribution in [0.1, 0.15) is 12.8 Å². The highest BCUT2D eigenvalue weighted by atomic mass is 15.0. The van der Waals surface area contributed by atoms with E-state index in [9.17, 15) is 0 Å². The molecule has 0 aromatic rings. The summed E-state index contributed by atoms with van der Waals surface area (Å²) in [5, 5.41) is 3.17. The van der Waals surface area contributed by atoms with Crippen LogP contribution in [-0.2, 0) is 0 Å². The van der Waals surface area contributed by atoms with Crippen molar-refractivity contribution < 1.29 is 0 Å². The average molecular weight is 97.2 g/mol. The molecule has 1 N–H and O–H groups in total. The Morgan fingerprint density at radius 1 is 1.71 bits per heavy atom. The molecule has 7 heavy (non-hydrogen) atoms. The lowest BCUT2D eigenvalue weighted by molar-refractivity contribution is 0.573. The van der Waals surface area contributed by atoms with Crippen molar-refractivity contribution in [3.63, 3.8) is 0 Å². The summed E-state index contributed by atoms with van der Waals surface area (Å²) in [5.74, 6) is 0. The maximum atomic E-state index is 3.85. The number of nitrogens with one attached hydrogen (secondary N) is 1. The van der Waals surface area contributed by atoms with Gasteiger partial charge in [0.2, 0.25) is 0 Å². The first-order valence-corrected chi connectivity index (χ1v) is 2.66. The lowest BCUT2D eigenvalue weighted by atomic mass is 10.0. The zero-order chi connectivity index (χ0) is 5.33. The number of hydrogen-bond acceptors (Lipinski definition) is 1. The molecule has 0 bridgehead atoms. The van der Waals surface area contributed by atoms with Crippen molar-refractivity contribution in [1.29, 1.82) is 0 Å². The smallest absolute Gasteiger partial charge is 0.156 e. The van der Waals surface area contributed by atoms with Gasteiger partial charge in [-0.1, -0.05) is 0 Å². The Kier molecular flexibility index (Phi) is 1.00. The van der Waals surface area contributed by atoms with Crippen LogP contribution >= 0.6 is 0 Å². The summed E-state index contributed by atoms with van der Waals surface area (Å²) in [6, 6.07) is 0. The fourth-order valence-electron chi connectivity index (χ4n) is 0.869. The van der Waals surface area contributed by atoms with E-state index in [-0.39, 0.29) is 5.54 Å². The molecule has 0 aromatic carbocycles. The molecule has 1 heteroatoms. The van der Waals surface area contributed by atoms with Crippen molar-refractivity contribution in [1.82, 2.24) is 5.32 Å². The lowest BCUT2D eigenvalue weighted by Crippen LogP contribution is -2.32. The average Bonchev–Trinajstić information content (AvgIpc) is 1.84. The summed E-state index contributed by atoms with van der Waals surface area (Å²) in [6.45, 7) is 8.78. The predicted molar refractivity (Wildman–Crippen MR) is 30.7 cm³/mol. The van der Waals surface area contributed by atoms with Crippen LogP contribution in [0.25, 0.3) is 0 Å². The highest BCUT2D eigenvalue weighted by Crippen LogP contribution is 2.14. The molecule has 0 aromatic heterocycles. The van der Waals surface area contributed by atoms with Gasteiger partial charge in [-0.15, -0.1) is 0 Å². The van der Waals surface area contributed by atoms with Crippen molar-refractivity contribution in [2.24, 2.45) is 0 Å². The van der Waals surface area contributed by atoms with E-state index in [0.717, 1.165) is 13.0 Å². The van der Waals surface area contributed by atoms with E-state index in [1.165, 1.54) is 6.42 Å². The molecule has 0 spiro atoms. The lowest BCUT2D eigenvalue weighted by Gasteiger charge is -2.06. The second-order valence-electron chi connectivity index (χ2n) is 2.31. The first-order valence-electron chi connectivity index (χ1n) is 2.66. The van der Waals surface area contributed by atoms with Gasteiger partial charge in [-0.05, 0) is 13.0 Å². The highest BCUT2D eigenvalue weighted by Gasteiger charge is 2.28. The molecule has 0 atom stereocenters. The molecule has 39 valence electrons. The Morgan fingerprint density at radius 3 is 2.57 bits per heavy atom. The van der Waals surface area contributed by atoms with Gasteiger partial charge in [0, 0.05) is 13.3 Å². The van der Waals surface area contributed by atoms with Gasteiger partial charge in [0.05, 0.1) is 6.92 Å². The van der Waals surface area contributed by atoms with E-state index >= 15 is 0 Å². The van der Waals surface area contributed by atoms with Crippen molar-refractivity contribution in [3.8, 4) is 0 Å². The molecule has 0 saturated carbocycles. The standard InChI is InChI=1S/C6H11N/c1-6(2)4-3-5-7-6/h7H,1-5H2/q+1. The second kappa shape index (κ2) is 1.41. The Balaban J connectivity index is 2.40. The Morgan fingerprint density at radius 2 is 2.43 bits per heavy atom. The molecule has 0 amide bonds. The van der Waals surface area contributed by atoms with E-state index < -0.39 is 0 Å². The van der Waals surface area contributed by atoms with E-state index in [1.807, 2.05) is 0 Å². The van der Waals surface area contributed by atoms with Crippen LogP contribution < -0.4 is 5.32 Å². The summed E-state index contributed by atoms with van der Waals surface area (Å²) in [6.07, 6.45) is 2.35. The summed E-state index contributed by atoms with van der Waals surface area (Å²) < 4.78 is 0. The molecular formula is C6H11N+. The van der Waals surface area contributed by atoms with Gasteiger partial charge in [0.1, 0.15) is 0 Å². The molecule has 1 rings (SSSR count). The summed E-state index contributed by atoms with van der Waals surface area (Å²) in [5.41, 5.74) is -0.0556. The van der Waals surface area contributed by atoms with Crippen LogP contribution in [0.15, 0.2) is 0 Å². The third kappa shape index (κ3) is 1.10. The third-order valence-electron chi connectivity index (χ3n) is 1.33. The topological polar surface area (TPSA) is 12.0 Å². The summed E-state index contributed by atoms with van der Waals surface area (Å²) >= 11 is 0. The fourth-order valence-corrected chi connectivity index (χ4v) is 0.869. The predicted octanol–water partition coefficient (Wildman–Crippen LogP) is 0.777. The van der Waals surface area contributed by atoms with Gasteiger partial charge in [0.15, 0.2) is 5.54 Å². The van der Waals surface area contributed by atoms with Crippen molar-refractivity contribution in [3.05, 3.63) is 13.8 Å².